The molecular formula is C19H25N3O2. The van der Waals surface area contributed by atoms with Crippen molar-refractivity contribution in [1.82, 2.24) is 9.55 Å². The minimum atomic E-state index is -0.0624. The van der Waals surface area contributed by atoms with Crippen molar-refractivity contribution < 1.29 is 4.74 Å². The Morgan fingerprint density at radius 2 is 2.25 bits per heavy atom. The second kappa shape index (κ2) is 7.62. The molecule has 24 heavy (non-hydrogen) atoms. The lowest BCUT2D eigenvalue weighted by Crippen LogP contribution is -2.20. The van der Waals surface area contributed by atoms with Crippen LogP contribution < -0.4 is 16.0 Å². The third kappa shape index (κ3) is 3.85. The number of benzene rings is 1. The maximum atomic E-state index is 12.2. The minimum absolute atomic E-state index is 0.0624. The molecule has 1 heterocycles. The molecule has 0 amide bonds. The summed E-state index contributed by atoms with van der Waals surface area (Å²) < 4.78 is 7.08. The van der Waals surface area contributed by atoms with Gasteiger partial charge in [-0.05, 0) is 50.7 Å². The third-order valence-corrected chi connectivity index (χ3v) is 4.74. The molecule has 2 aromatic rings. The van der Waals surface area contributed by atoms with Crippen LogP contribution in [0.2, 0.25) is 0 Å². The maximum absolute atomic E-state index is 12.2. The van der Waals surface area contributed by atoms with Crippen molar-refractivity contribution in [2.45, 2.75) is 51.1 Å². The second-order valence-electron chi connectivity index (χ2n) is 6.44. The van der Waals surface area contributed by atoms with Crippen LogP contribution in [0, 0.1) is 0 Å². The van der Waals surface area contributed by atoms with Crippen molar-refractivity contribution in [3.63, 3.8) is 0 Å². The van der Waals surface area contributed by atoms with E-state index in [1.807, 2.05) is 18.2 Å². The predicted molar refractivity (Wildman–Crippen MR) is 96.3 cm³/mol. The van der Waals surface area contributed by atoms with Gasteiger partial charge >= 0.3 is 0 Å². The summed E-state index contributed by atoms with van der Waals surface area (Å²) in [5.74, 6) is 0.740. The SMILES string of the molecule is COc1ccc2ncc(=O)n(CCCC3=CCCC(N)CC3)c2c1. The van der Waals surface area contributed by atoms with Gasteiger partial charge in [-0.3, -0.25) is 4.79 Å². The topological polar surface area (TPSA) is 70.1 Å². The van der Waals surface area contributed by atoms with Gasteiger partial charge in [0.05, 0.1) is 24.3 Å². The molecule has 1 aromatic carbocycles. The molecule has 0 radical (unpaired) electrons. The molecule has 0 fully saturated rings. The van der Waals surface area contributed by atoms with Gasteiger partial charge in [-0.1, -0.05) is 11.6 Å². The average Bonchev–Trinajstić information content (AvgIpc) is 2.81. The first kappa shape index (κ1) is 16.7. The molecule has 128 valence electrons. The molecule has 1 atom stereocenters. The number of aryl methyl sites for hydroxylation is 1. The number of ether oxygens (including phenoxy) is 1. The Labute approximate surface area is 142 Å². The summed E-state index contributed by atoms with van der Waals surface area (Å²) in [6.07, 6.45) is 10.0. The Morgan fingerprint density at radius 3 is 3.08 bits per heavy atom. The standard InChI is InChI=1S/C19H25N3O2/c1-24-16-9-10-17-18(12-16)22(19(23)13-21-17)11-3-5-14-4-2-6-15(20)8-7-14/h4,9-10,12-13,15H,2-3,5-8,11,20H2,1H3. The van der Waals surface area contributed by atoms with E-state index in [1.54, 1.807) is 11.7 Å². The number of methoxy groups -OCH3 is 1. The molecule has 0 bridgehead atoms. The first-order valence-corrected chi connectivity index (χ1v) is 8.64. The number of fused-ring (bicyclic) bond motifs is 1. The van der Waals surface area contributed by atoms with E-state index in [-0.39, 0.29) is 5.56 Å². The molecule has 5 nitrogen and oxygen atoms in total. The van der Waals surface area contributed by atoms with E-state index in [4.69, 9.17) is 10.5 Å². The number of rotatable bonds is 5. The van der Waals surface area contributed by atoms with Gasteiger partial charge in [0.25, 0.3) is 5.56 Å². The lowest BCUT2D eigenvalue weighted by Gasteiger charge is -2.12. The van der Waals surface area contributed by atoms with Crippen molar-refractivity contribution >= 4 is 11.0 Å². The Kier molecular flexibility index (Phi) is 5.30. The van der Waals surface area contributed by atoms with Crippen LogP contribution in [0.25, 0.3) is 11.0 Å². The monoisotopic (exact) mass is 327 g/mol. The molecule has 1 unspecified atom stereocenters. The van der Waals surface area contributed by atoms with Crippen molar-refractivity contribution in [1.29, 1.82) is 0 Å². The molecule has 1 aromatic heterocycles. The van der Waals surface area contributed by atoms with Gasteiger partial charge in [0, 0.05) is 18.7 Å². The van der Waals surface area contributed by atoms with Crippen LogP contribution in [0.5, 0.6) is 5.75 Å². The number of aromatic nitrogens is 2. The highest BCUT2D eigenvalue weighted by Gasteiger charge is 2.10. The van der Waals surface area contributed by atoms with Gasteiger partial charge in [0.15, 0.2) is 0 Å². The Bertz CT molecular complexity index is 795. The smallest absolute Gasteiger partial charge is 0.269 e. The fourth-order valence-corrected chi connectivity index (χ4v) is 3.31. The van der Waals surface area contributed by atoms with Crippen LogP contribution in [-0.4, -0.2) is 22.7 Å². The average molecular weight is 327 g/mol. The lowest BCUT2D eigenvalue weighted by molar-refractivity contribution is 0.415. The Morgan fingerprint density at radius 1 is 1.38 bits per heavy atom. The van der Waals surface area contributed by atoms with Crippen LogP contribution in [0.3, 0.4) is 0 Å². The third-order valence-electron chi connectivity index (χ3n) is 4.74. The minimum Gasteiger partial charge on any atom is -0.497 e. The summed E-state index contributed by atoms with van der Waals surface area (Å²) >= 11 is 0. The maximum Gasteiger partial charge on any atom is 0.269 e. The largest absolute Gasteiger partial charge is 0.497 e. The molecule has 1 aliphatic rings. The normalized spacial score (nSPS) is 18.2. The highest BCUT2D eigenvalue weighted by molar-refractivity contribution is 5.76. The van der Waals surface area contributed by atoms with Crippen LogP contribution in [0.4, 0.5) is 0 Å². The molecule has 0 spiro atoms. The van der Waals surface area contributed by atoms with Gasteiger partial charge in [0.1, 0.15) is 5.75 Å². The lowest BCUT2D eigenvalue weighted by atomic mass is 10.0. The summed E-state index contributed by atoms with van der Waals surface area (Å²) in [5, 5.41) is 0. The van der Waals surface area contributed by atoms with E-state index in [1.165, 1.54) is 11.8 Å². The van der Waals surface area contributed by atoms with Gasteiger partial charge in [-0.15, -0.1) is 0 Å². The summed E-state index contributed by atoms with van der Waals surface area (Å²) in [7, 11) is 1.63. The van der Waals surface area contributed by atoms with E-state index < -0.39 is 0 Å². The van der Waals surface area contributed by atoms with Crippen molar-refractivity contribution in [3.05, 3.63) is 46.4 Å². The Balaban J connectivity index is 1.74. The fourth-order valence-electron chi connectivity index (χ4n) is 3.31. The quantitative estimate of drug-likeness (QED) is 0.857. The first-order valence-electron chi connectivity index (χ1n) is 8.64. The zero-order valence-corrected chi connectivity index (χ0v) is 14.2. The van der Waals surface area contributed by atoms with Gasteiger partial charge in [-0.25, -0.2) is 4.98 Å². The molecule has 0 saturated heterocycles. The number of hydrogen-bond acceptors (Lipinski definition) is 4. The van der Waals surface area contributed by atoms with Gasteiger partial charge in [0.2, 0.25) is 0 Å². The number of allylic oxidation sites excluding steroid dienone is 2. The van der Waals surface area contributed by atoms with Crippen LogP contribution >= 0.6 is 0 Å². The van der Waals surface area contributed by atoms with Gasteiger partial charge in [-0.2, -0.15) is 0 Å². The van der Waals surface area contributed by atoms with Crippen molar-refractivity contribution in [2.24, 2.45) is 5.73 Å². The summed E-state index contributed by atoms with van der Waals surface area (Å²) in [6, 6.07) is 5.97. The van der Waals surface area contributed by atoms with Crippen LogP contribution in [-0.2, 0) is 6.54 Å². The summed E-state index contributed by atoms with van der Waals surface area (Å²) in [5.41, 5.74) is 9.09. The van der Waals surface area contributed by atoms with Crippen molar-refractivity contribution in [2.75, 3.05) is 7.11 Å². The Hall–Kier alpha value is -2.14. The number of nitrogens with two attached hydrogens (primary N) is 1. The zero-order chi connectivity index (χ0) is 16.9. The summed E-state index contributed by atoms with van der Waals surface area (Å²) in [4.78, 5) is 16.5. The zero-order valence-electron chi connectivity index (χ0n) is 14.2. The molecule has 0 saturated carbocycles. The molecule has 2 N–H and O–H groups in total. The summed E-state index contributed by atoms with van der Waals surface area (Å²) in [6.45, 7) is 0.689. The molecule has 5 heteroatoms. The molecular weight excluding hydrogens is 302 g/mol. The van der Waals surface area contributed by atoms with Crippen molar-refractivity contribution in [3.8, 4) is 5.75 Å². The van der Waals surface area contributed by atoms with E-state index in [2.05, 4.69) is 11.1 Å². The van der Waals surface area contributed by atoms with Crippen LogP contribution in [0.15, 0.2) is 40.8 Å². The van der Waals surface area contributed by atoms with Crippen LogP contribution in [0.1, 0.15) is 38.5 Å². The molecule has 1 aliphatic carbocycles. The molecule has 3 rings (SSSR count). The molecule has 0 aliphatic heterocycles. The highest BCUT2D eigenvalue weighted by atomic mass is 16.5. The number of hydrogen-bond donors (Lipinski definition) is 1. The second-order valence-corrected chi connectivity index (χ2v) is 6.44. The fraction of sp³-hybridized carbons (Fsp3) is 0.474. The van der Waals surface area contributed by atoms with E-state index in [0.29, 0.717) is 12.6 Å². The first-order chi connectivity index (χ1) is 11.7. The van der Waals surface area contributed by atoms with E-state index >= 15 is 0 Å². The predicted octanol–water partition coefficient (Wildman–Crippen LogP) is 3.01. The van der Waals surface area contributed by atoms with Gasteiger partial charge < -0.3 is 15.0 Å². The number of nitrogens with zero attached hydrogens (tertiary/aromatic N) is 2. The van der Waals surface area contributed by atoms with E-state index in [9.17, 15) is 4.79 Å². The highest BCUT2D eigenvalue weighted by Crippen LogP contribution is 2.22. The van der Waals surface area contributed by atoms with E-state index in [0.717, 1.165) is 55.3 Å².